The molecule has 1 atom stereocenters. The molecule has 110 valence electrons. The molecule has 0 aliphatic rings. The molecule has 1 N–H and O–H groups in total. The van der Waals surface area contributed by atoms with E-state index in [1.54, 1.807) is 0 Å². The summed E-state index contributed by atoms with van der Waals surface area (Å²) in [4.78, 5) is 0. The molecular formula is C14H31NO2S. The molecule has 3 nitrogen and oxygen atoms in total. The molecule has 0 unspecified atom stereocenters. The van der Waals surface area contributed by atoms with Crippen LogP contribution in [0.5, 0.6) is 0 Å². The predicted molar refractivity (Wildman–Crippen MR) is 79.6 cm³/mol. The Bertz CT molecular complexity index is 334. The van der Waals surface area contributed by atoms with E-state index in [0.29, 0.717) is 12.2 Å². The monoisotopic (exact) mass is 277 g/mol. The van der Waals surface area contributed by atoms with E-state index in [0.717, 1.165) is 6.54 Å². The third-order valence-electron chi connectivity index (χ3n) is 3.27. The van der Waals surface area contributed by atoms with Gasteiger partial charge in [-0.25, -0.2) is 8.42 Å². The van der Waals surface area contributed by atoms with Gasteiger partial charge in [-0.2, -0.15) is 0 Å². The van der Waals surface area contributed by atoms with E-state index in [1.807, 2.05) is 6.92 Å². The first-order valence-corrected chi connectivity index (χ1v) is 8.61. The zero-order valence-electron chi connectivity index (χ0n) is 13.1. The van der Waals surface area contributed by atoms with Crippen LogP contribution in [0.2, 0.25) is 0 Å². The molecule has 18 heavy (non-hydrogen) atoms. The number of hydrogen-bond donors (Lipinski definition) is 1. The molecule has 0 rings (SSSR count). The van der Waals surface area contributed by atoms with Crippen molar-refractivity contribution in [2.75, 3.05) is 18.1 Å². The van der Waals surface area contributed by atoms with Crippen molar-refractivity contribution in [1.82, 2.24) is 5.32 Å². The standard InChI is InChI=1S/C14H31NO2S/c1-12(13(2,3)4)11-18(16,17)10-8-9-15-14(5,6)7/h12,15H,8-11H2,1-7H3/t12-/m0/s1. The van der Waals surface area contributed by atoms with Crippen LogP contribution in [-0.2, 0) is 9.84 Å². The first kappa shape index (κ1) is 17.9. The lowest BCUT2D eigenvalue weighted by Crippen LogP contribution is -2.37. The number of nitrogens with one attached hydrogen (secondary N) is 1. The summed E-state index contributed by atoms with van der Waals surface area (Å²) in [5, 5.41) is 3.31. The molecule has 0 saturated heterocycles. The van der Waals surface area contributed by atoms with Crippen LogP contribution in [0.25, 0.3) is 0 Å². The summed E-state index contributed by atoms with van der Waals surface area (Å²) in [6.45, 7) is 15.3. The van der Waals surface area contributed by atoms with Crippen LogP contribution in [-0.4, -0.2) is 32.0 Å². The van der Waals surface area contributed by atoms with Crippen molar-refractivity contribution in [3.63, 3.8) is 0 Å². The van der Waals surface area contributed by atoms with Crippen molar-refractivity contribution >= 4 is 9.84 Å². The minimum atomic E-state index is -2.92. The van der Waals surface area contributed by atoms with Gasteiger partial charge in [0.15, 0.2) is 9.84 Å². The summed E-state index contributed by atoms with van der Waals surface area (Å²) in [5.41, 5.74) is 0.110. The Kier molecular flexibility index (Phi) is 6.34. The van der Waals surface area contributed by atoms with E-state index in [4.69, 9.17) is 0 Å². The average molecular weight is 277 g/mol. The second-order valence-corrected chi connectivity index (χ2v) is 9.64. The average Bonchev–Trinajstić information content (AvgIpc) is 2.08. The Balaban J connectivity index is 4.11. The van der Waals surface area contributed by atoms with Crippen LogP contribution in [0, 0.1) is 11.3 Å². The first-order chi connectivity index (χ1) is 7.83. The van der Waals surface area contributed by atoms with Crippen LogP contribution in [0.3, 0.4) is 0 Å². The lowest BCUT2D eigenvalue weighted by molar-refractivity contribution is 0.285. The summed E-state index contributed by atoms with van der Waals surface area (Å²) in [6.07, 6.45) is 0.691. The van der Waals surface area contributed by atoms with Crippen LogP contribution >= 0.6 is 0 Å². The van der Waals surface area contributed by atoms with E-state index < -0.39 is 9.84 Å². The zero-order chi connectivity index (χ0) is 14.6. The van der Waals surface area contributed by atoms with Crippen molar-refractivity contribution in [3.05, 3.63) is 0 Å². The smallest absolute Gasteiger partial charge is 0.150 e. The van der Waals surface area contributed by atoms with Crippen molar-refractivity contribution in [1.29, 1.82) is 0 Å². The zero-order valence-corrected chi connectivity index (χ0v) is 13.9. The maximum atomic E-state index is 12.0. The quantitative estimate of drug-likeness (QED) is 0.759. The van der Waals surface area contributed by atoms with Gasteiger partial charge in [-0.3, -0.25) is 0 Å². The highest BCUT2D eigenvalue weighted by molar-refractivity contribution is 7.91. The fourth-order valence-electron chi connectivity index (χ4n) is 1.47. The summed E-state index contributed by atoms with van der Waals surface area (Å²) >= 11 is 0. The van der Waals surface area contributed by atoms with Crippen molar-refractivity contribution in [2.45, 2.75) is 60.4 Å². The predicted octanol–water partition coefficient (Wildman–Crippen LogP) is 2.86. The third kappa shape index (κ3) is 8.92. The Morgan fingerprint density at radius 2 is 1.56 bits per heavy atom. The van der Waals surface area contributed by atoms with Gasteiger partial charge in [0.1, 0.15) is 0 Å². The molecule has 0 aromatic heterocycles. The number of sulfone groups is 1. The summed E-state index contributed by atoms with van der Waals surface area (Å²) in [7, 11) is -2.92. The Hall–Kier alpha value is -0.0900. The summed E-state index contributed by atoms with van der Waals surface area (Å²) in [5.74, 6) is 0.778. The van der Waals surface area contributed by atoms with Crippen LogP contribution < -0.4 is 5.32 Å². The van der Waals surface area contributed by atoms with Crippen molar-refractivity contribution < 1.29 is 8.42 Å². The van der Waals surface area contributed by atoms with Crippen LogP contribution in [0.1, 0.15) is 54.9 Å². The lowest BCUT2D eigenvalue weighted by atomic mass is 9.83. The van der Waals surface area contributed by atoms with Gasteiger partial charge in [-0.05, 0) is 45.1 Å². The highest BCUT2D eigenvalue weighted by Crippen LogP contribution is 2.26. The molecule has 0 radical (unpaired) electrons. The Labute approximate surface area is 114 Å². The second-order valence-electron chi connectivity index (χ2n) is 7.41. The Morgan fingerprint density at radius 3 is 1.94 bits per heavy atom. The molecule has 0 amide bonds. The summed E-state index contributed by atoms with van der Waals surface area (Å²) in [6, 6.07) is 0. The summed E-state index contributed by atoms with van der Waals surface area (Å²) < 4.78 is 24.0. The van der Waals surface area contributed by atoms with Crippen molar-refractivity contribution in [2.24, 2.45) is 11.3 Å². The Morgan fingerprint density at radius 1 is 1.06 bits per heavy atom. The largest absolute Gasteiger partial charge is 0.312 e. The number of hydrogen-bond acceptors (Lipinski definition) is 3. The van der Waals surface area contributed by atoms with E-state index >= 15 is 0 Å². The van der Waals surface area contributed by atoms with Gasteiger partial charge in [0.25, 0.3) is 0 Å². The van der Waals surface area contributed by atoms with Crippen LogP contribution in [0.15, 0.2) is 0 Å². The topological polar surface area (TPSA) is 46.2 Å². The normalized spacial score (nSPS) is 15.7. The van der Waals surface area contributed by atoms with Gasteiger partial charge in [-0.15, -0.1) is 0 Å². The molecule has 0 fully saturated rings. The van der Waals surface area contributed by atoms with E-state index in [2.05, 4.69) is 46.9 Å². The first-order valence-electron chi connectivity index (χ1n) is 6.79. The SMILES string of the molecule is C[C@@H](CS(=O)(=O)CCCNC(C)(C)C)C(C)(C)C. The molecule has 0 aliphatic heterocycles. The minimum Gasteiger partial charge on any atom is -0.312 e. The van der Waals surface area contributed by atoms with Gasteiger partial charge in [0.05, 0.1) is 11.5 Å². The molecule has 0 bridgehead atoms. The minimum absolute atomic E-state index is 0.0523. The molecule has 4 heteroatoms. The maximum absolute atomic E-state index is 12.0. The molecule has 0 heterocycles. The van der Waals surface area contributed by atoms with E-state index in [1.165, 1.54) is 0 Å². The van der Waals surface area contributed by atoms with E-state index in [9.17, 15) is 8.42 Å². The molecule has 0 aromatic carbocycles. The van der Waals surface area contributed by atoms with Crippen LogP contribution in [0.4, 0.5) is 0 Å². The van der Waals surface area contributed by atoms with Crippen molar-refractivity contribution in [3.8, 4) is 0 Å². The van der Waals surface area contributed by atoms with Gasteiger partial charge < -0.3 is 5.32 Å². The third-order valence-corrected chi connectivity index (χ3v) is 5.19. The molecule has 0 aromatic rings. The maximum Gasteiger partial charge on any atom is 0.150 e. The van der Waals surface area contributed by atoms with Gasteiger partial charge in [-0.1, -0.05) is 27.7 Å². The fraction of sp³-hybridized carbons (Fsp3) is 1.00. The molecule has 0 spiro atoms. The molecular weight excluding hydrogens is 246 g/mol. The molecule has 0 aliphatic carbocycles. The highest BCUT2D eigenvalue weighted by atomic mass is 32.2. The number of rotatable bonds is 6. The van der Waals surface area contributed by atoms with Gasteiger partial charge in [0, 0.05) is 5.54 Å². The second kappa shape index (κ2) is 6.38. The van der Waals surface area contributed by atoms with Gasteiger partial charge >= 0.3 is 0 Å². The van der Waals surface area contributed by atoms with E-state index in [-0.39, 0.29) is 22.6 Å². The fourth-order valence-corrected chi connectivity index (χ4v) is 3.48. The lowest BCUT2D eigenvalue weighted by Gasteiger charge is -2.27. The van der Waals surface area contributed by atoms with Gasteiger partial charge in [0.2, 0.25) is 0 Å². The highest BCUT2D eigenvalue weighted by Gasteiger charge is 2.25. The molecule has 0 saturated carbocycles.